The summed E-state index contributed by atoms with van der Waals surface area (Å²) in [5.74, 6) is -3.47. The number of hydrogen-bond donors (Lipinski definition) is 2. The van der Waals surface area contributed by atoms with Crippen LogP contribution in [0.1, 0.15) is 28.8 Å². The lowest BCUT2D eigenvalue weighted by Gasteiger charge is -2.31. The van der Waals surface area contributed by atoms with Gasteiger partial charge in [0, 0.05) is 25.3 Å². The second kappa shape index (κ2) is 8.89. The maximum atomic E-state index is 14.4. The number of nitrogen functional groups attached to an aromatic ring is 1. The first kappa shape index (κ1) is 21.2. The lowest BCUT2D eigenvalue weighted by Crippen LogP contribution is -2.42. The van der Waals surface area contributed by atoms with Gasteiger partial charge in [-0.15, -0.1) is 0 Å². The molecule has 3 N–H and O–H groups in total. The van der Waals surface area contributed by atoms with Gasteiger partial charge in [-0.3, -0.25) is 4.79 Å². The average Bonchev–Trinajstić information content (AvgIpc) is 2.74. The van der Waals surface area contributed by atoms with Gasteiger partial charge in [0.25, 0.3) is 0 Å². The Bertz CT molecular complexity index is 964. The Hall–Kier alpha value is -3.50. The molecule has 2 aromatic rings. The molecule has 11 heteroatoms. The van der Waals surface area contributed by atoms with Crippen molar-refractivity contribution in [3.63, 3.8) is 0 Å². The second-order valence-electron chi connectivity index (χ2n) is 6.64. The molecule has 1 saturated heterocycles. The topological polar surface area (TPSA) is 120 Å². The van der Waals surface area contributed by atoms with Crippen molar-refractivity contribution >= 4 is 23.6 Å². The number of likely N-dealkylation sites (tertiary alicyclic amines) is 1. The molecular weight excluding hydrogens is 400 g/mol. The number of anilines is 2. The molecule has 9 nitrogen and oxygen atoms in total. The van der Waals surface area contributed by atoms with Crippen LogP contribution in [0.15, 0.2) is 18.3 Å². The Kier molecular flexibility index (Phi) is 6.28. The van der Waals surface area contributed by atoms with Crippen molar-refractivity contribution in [1.82, 2.24) is 14.9 Å². The predicted molar refractivity (Wildman–Crippen MR) is 103 cm³/mol. The van der Waals surface area contributed by atoms with E-state index >= 15 is 0 Å². The van der Waals surface area contributed by atoms with Gasteiger partial charge in [0.2, 0.25) is 11.7 Å². The monoisotopic (exact) mass is 421 g/mol. The van der Waals surface area contributed by atoms with Crippen molar-refractivity contribution in [2.45, 2.75) is 18.9 Å². The first-order valence-electron chi connectivity index (χ1n) is 9.14. The zero-order valence-electron chi connectivity index (χ0n) is 16.4. The summed E-state index contributed by atoms with van der Waals surface area (Å²) in [6.07, 6.45) is 2.02. The van der Waals surface area contributed by atoms with Crippen LogP contribution in [0.5, 0.6) is 5.75 Å². The van der Waals surface area contributed by atoms with Crippen LogP contribution >= 0.6 is 0 Å². The van der Waals surface area contributed by atoms with E-state index in [1.165, 1.54) is 14.2 Å². The van der Waals surface area contributed by atoms with Gasteiger partial charge in [0.05, 0.1) is 25.3 Å². The average molecular weight is 421 g/mol. The molecule has 3 rings (SSSR count). The summed E-state index contributed by atoms with van der Waals surface area (Å²) in [5.41, 5.74) is 4.84. The Morgan fingerprint density at radius 3 is 2.53 bits per heavy atom. The van der Waals surface area contributed by atoms with E-state index in [0.717, 1.165) is 18.3 Å². The van der Waals surface area contributed by atoms with Crippen LogP contribution in [-0.2, 0) is 4.74 Å². The largest absolute Gasteiger partial charge is 0.494 e. The molecule has 1 aromatic heterocycles. The number of aromatic nitrogens is 2. The molecule has 0 aliphatic carbocycles. The molecule has 0 unspecified atom stereocenters. The minimum atomic E-state index is -1.12. The Labute approximate surface area is 171 Å². The van der Waals surface area contributed by atoms with Crippen molar-refractivity contribution in [3.8, 4) is 5.75 Å². The third-order valence-corrected chi connectivity index (χ3v) is 4.83. The summed E-state index contributed by atoms with van der Waals surface area (Å²) < 4.78 is 38.0. The molecule has 1 aromatic carbocycles. The molecule has 0 radical (unpaired) electrons. The van der Waals surface area contributed by atoms with Gasteiger partial charge in [-0.1, -0.05) is 0 Å². The van der Waals surface area contributed by atoms with Gasteiger partial charge >= 0.3 is 6.09 Å². The van der Waals surface area contributed by atoms with Gasteiger partial charge in [0.15, 0.2) is 11.6 Å². The Morgan fingerprint density at radius 2 is 1.93 bits per heavy atom. The number of ketones is 1. The number of ether oxygens (including phenoxy) is 2. The van der Waals surface area contributed by atoms with Gasteiger partial charge in [-0.05, 0) is 25.0 Å². The normalized spacial score (nSPS) is 14.3. The lowest BCUT2D eigenvalue weighted by molar-refractivity contribution is 0.103. The number of methoxy groups -OCH3 is 2. The number of nitrogens with zero attached hydrogens (tertiary/aromatic N) is 3. The summed E-state index contributed by atoms with van der Waals surface area (Å²) in [4.78, 5) is 33.9. The fourth-order valence-electron chi connectivity index (χ4n) is 3.19. The van der Waals surface area contributed by atoms with Crippen molar-refractivity contribution < 1.29 is 27.8 Å². The zero-order valence-corrected chi connectivity index (χ0v) is 16.4. The molecule has 160 valence electrons. The third kappa shape index (κ3) is 4.24. The first-order valence-corrected chi connectivity index (χ1v) is 9.14. The van der Waals surface area contributed by atoms with Crippen LogP contribution in [-0.4, -0.2) is 60.1 Å². The highest BCUT2D eigenvalue weighted by molar-refractivity contribution is 6.12. The third-order valence-electron chi connectivity index (χ3n) is 4.83. The summed E-state index contributed by atoms with van der Waals surface area (Å²) in [5, 5.41) is 3.09. The first-order chi connectivity index (χ1) is 14.3. The minimum absolute atomic E-state index is 0.0138. The summed E-state index contributed by atoms with van der Waals surface area (Å²) >= 11 is 0. The molecule has 0 spiro atoms. The number of hydrogen-bond acceptors (Lipinski definition) is 8. The van der Waals surface area contributed by atoms with E-state index < -0.39 is 23.0 Å². The van der Waals surface area contributed by atoms with Gasteiger partial charge in [0.1, 0.15) is 11.6 Å². The number of rotatable bonds is 5. The number of carbonyl (C=O) groups excluding carboxylic acids is 2. The number of benzene rings is 1. The highest BCUT2D eigenvalue weighted by Gasteiger charge is 2.26. The van der Waals surface area contributed by atoms with E-state index in [4.69, 9.17) is 15.2 Å². The molecule has 1 fully saturated rings. The molecule has 1 aliphatic rings. The number of piperidine rings is 1. The van der Waals surface area contributed by atoms with Crippen LogP contribution in [0.2, 0.25) is 0 Å². The van der Waals surface area contributed by atoms with Gasteiger partial charge in [-0.2, -0.15) is 4.98 Å². The molecular formula is C19H21F2N5O4. The Morgan fingerprint density at radius 1 is 1.23 bits per heavy atom. The minimum Gasteiger partial charge on any atom is -0.494 e. The van der Waals surface area contributed by atoms with Crippen molar-refractivity contribution in [2.75, 3.05) is 38.4 Å². The maximum Gasteiger partial charge on any atom is 0.409 e. The lowest BCUT2D eigenvalue weighted by atomic mass is 10.0. The second-order valence-corrected chi connectivity index (χ2v) is 6.64. The fourth-order valence-corrected chi connectivity index (χ4v) is 3.19. The highest BCUT2D eigenvalue weighted by atomic mass is 19.1. The molecule has 1 aliphatic heterocycles. The number of nitrogens with two attached hydrogens (primary N) is 1. The molecule has 1 amide bonds. The van der Waals surface area contributed by atoms with Crippen LogP contribution < -0.4 is 15.8 Å². The van der Waals surface area contributed by atoms with E-state index in [9.17, 15) is 18.4 Å². The quantitative estimate of drug-likeness (QED) is 0.706. The Balaban J connectivity index is 1.74. The van der Waals surface area contributed by atoms with Crippen LogP contribution in [0.3, 0.4) is 0 Å². The fraction of sp³-hybridized carbons (Fsp3) is 0.368. The molecule has 2 heterocycles. The molecule has 0 bridgehead atoms. The maximum absolute atomic E-state index is 14.4. The van der Waals surface area contributed by atoms with E-state index in [1.54, 1.807) is 4.90 Å². The van der Waals surface area contributed by atoms with E-state index in [0.29, 0.717) is 25.9 Å². The van der Waals surface area contributed by atoms with Crippen LogP contribution in [0.4, 0.5) is 25.3 Å². The smallest absolute Gasteiger partial charge is 0.409 e. The number of amides is 1. The van der Waals surface area contributed by atoms with E-state index in [1.807, 2.05) is 0 Å². The van der Waals surface area contributed by atoms with Crippen LogP contribution in [0.25, 0.3) is 0 Å². The number of carbonyl (C=O) groups is 2. The van der Waals surface area contributed by atoms with Gasteiger partial charge < -0.3 is 25.4 Å². The van der Waals surface area contributed by atoms with Crippen LogP contribution in [0, 0.1) is 11.6 Å². The number of nitrogens with one attached hydrogen (secondary N) is 1. The summed E-state index contributed by atoms with van der Waals surface area (Å²) in [7, 11) is 2.54. The zero-order chi connectivity index (χ0) is 21.8. The number of halogens is 2. The SMILES string of the molecule is COC(=O)N1CCC(Nc2ncc(C(=O)c3c(F)ccc(OC)c3F)c(N)n2)CC1. The molecule has 0 atom stereocenters. The van der Waals surface area contributed by atoms with Gasteiger partial charge in [-0.25, -0.2) is 18.6 Å². The highest BCUT2D eigenvalue weighted by Crippen LogP contribution is 2.26. The molecule has 0 saturated carbocycles. The van der Waals surface area contributed by atoms with Crippen molar-refractivity contribution in [2.24, 2.45) is 0 Å². The van der Waals surface area contributed by atoms with E-state index in [2.05, 4.69) is 15.3 Å². The van der Waals surface area contributed by atoms with Crippen molar-refractivity contribution in [3.05, 3.63) is 41.1 Å². The molecule has 30 heavy (non-hydrogen) atoms. The van der Waals surface area contributed by atoms with Crippen molar-refractivity contribution in [1.29, 1.82) is 0 Å². The predicted octanol–water partition coefficient (Wildman–Crippen LogP) is 2.22. The summed E-state index contributed by atoms with van der Waals surface area (Å²) in [6.45, 7) is 1.01. The van der Waals surface area contributed by atoms with E-state index in [-0.39, 0.29) is 35.2 Å². The summed E-state index contributed by atoms with van der Waals surface area (Å²) in [6, 6.07) is 2.00. The standard InChI is InChI=1S/C19H21F2N5O4/c1-29-13-4-3-12(20)14(15(13)21)16(27)11-9-23-18(25-17(11)22)24-10-5-7-26(8-6-10)19(28)30-2/h3-4,9-10H,5-8H2,1-2H3,(H3,22,23,24,25).